The monoisotopic (exact) mass is 639 g/mol. The van der Waals surface area contributed by atoms with Crippen molar-refractivity contribution in [2.24, 2.45) is 0 Å². The van der Waals surface area contributed by atoms with Crippen LogP contribution in [0.1, 0.15) is 37.7 Å². The zero-order valence-corrected chi connectivity index (χ0v) is 25.2. The van der Waals surface area contributed by atoms with Crippen molar-refractivity contribution in [3.63, 3.8) is 0 Å². The molecule has 46 heavy (non-hydrogen) atoms. The summed E-state index contributed by atoms with van der Waals surface area (Å²) in [5.74, 6) is -1.48. The van der Waals surface area contributed by atoms with Crippen LogP contribution in [0.25, 0.3) is 11.0 Å². The fourth-order valence-corrected chi connectivity index (χ4v) is 4.75. The third-order valence-electron chi connectivity index (χ3n) is 7.02. The quantitative estimate of drug-likeness (QED) is 0.147. The molecule has 0 saturated heterocycles. The Morgan fingerprint density at radius 1 is 0.826 bits per heavy atom. The summed E-state index contributed by atoms with van der Waals surface area (Å²) >= 11 is 6.03. The molecule has 0 radical (unpaired) electrons. The Labute approximate surface area is 269 Å². The molecule has 12 heteroatoms. The number of carboxylic acids is 1. The molecular formula is C34H30ClN5O6. The van der Waals surface area contributed by atoms with E-state index in [2.05, 4.69) is 20.6 Å². The molecule has 4 N–H and O–H groups in total. The van der Waals surface area contributed by atoms with Crippen LogP contribution in [-0.2, 0) is 29.2 Å². The number of rotatable bonds is 12. The lowest BCUT2D eigenvalue weighted by molar-refractivity contribution is -0.139. The summed E-state index contributed by atoms with van der Waals surface area (Å²) in [5.41, 5.74) is 3.87. The van der Waals surface area contributed by atoms with E-state index in [1.807, 2.05) is 30.3 Å². The van der Waals surface area contributed by atoms with Crippen molar-refractivity contribution in [1.82, 2.24) is 25.5 Å². The van der Waals surface area contributed by atoms with Crippen molar-refractivity contribution >= 4 is 46.5 Å². The Bertz CT molecular complexity index is 1790. The molecule has 4 aromatic carbocycles. The van der Waals surface area contributed by atoms with Gasteiger partial charge in [0.1, 0.15) is 18.5 Å². The Morgan fingerprint density at radius 2 is 1.50 bits per heavy atom. The Hall–Kier alpha value is -5.68. The highest BCUT2D eigenvalue weighted by Crippen LogP contribution is 2.18. The number of H-pyrrole nitrogens is 1. The van der Waals surface area contributed by atoms with Crippen LogP contribution in [0.4, 0.5) is 4.79 Å². The van der Waals surface area contributed by atoms with E-state index >= 15 is 0 Å². The molecule has 5 rings (SSSR count). The van der Waals surface area contributed by atoms with Crippen LogP contribution in [0, 0.1) is 0 Å². The summed E-state index contributed by atoms with van der Waals surface area (Å²) in [6, 6.07) is 28.3. The van der Waals surface area contributed by atoms with E-state index in [4.69, 9.17) is 16.3 Å². The minimum Gasteiger partial charge on any atom is -0.480 e. The number of hydrogen-bond donors (Lipinski definition) is 4. The first-order chi connectivity index (χ1) is 22.2. The number of carbonyl (C=O) groups excluding carboxylic acids is 3. The van der Waals surface area contributed by atoms with Crippen molar-refractivity contribution in [3.8, 4) is 0 Å². The highest BCUT2D eigenvalue weighted by atomic mass is 35.5. The molecule has 0 aliphatic rings. The molecular weight excluding hydrogens is 610 g/mol. The maximum Gasteiger partial charge on any atom is 0.408 e. The van der Waals surface area contributed by atoms with Crippen molar-refractivity contribution in [3.05, 3.63) is 136 Å². The number of nitrogens with one attached hydrogen (secondary N) is 3. The number of aromatic amines is 1. The lowest BCUT2D eigenvalue weighted by Gasteiger charge is -2.22. The van der Waals surface area contributed by atoms with E-state index in [-0.39, 0.29) is 37.7 Å². The van der Waals surface area contributed by atoms with Crippen LogP contribution >= 0.6 is 11.6 Å². The molecule has 0 aliphatic heterocycles. The molecule has 0 aliphatic carbocycles. The van der Waals surface area contributed by atoms with Gasteiger partial charge in [0.15, 0.2) is 0 Å². The number of carboxylic acid groups (broad SMARTS) is 1. The van der Waals surface area contributed by atoms with Gasteiger partial charge in [-0.05, 0) is 59.7 Å². The van der Waals surface area contributed by atoms with E-state index < -0.39 is 24.0 Å². The number of halogens is 1. The number of carbonyl (C=O) groups is 4. The van der Waals surface area contributed by atoms with Gasteiger partial charge in [0.2, 0.25) is 0 Å². The second-order valence-electron chi connectivity index (χ2n) is 10.4. The first-order valence-electron chi connectivity index (χ1n) is 14.3. The SMILES string of the molecule is O=C(NC(CNC(=O)c1ccc(CN(Cc2nc3ccccc3[nH]2)C(=O)c2ccc(Cl)cc2)cc1)C(=O)O)OCc1ccccc1. The molecule has 0 fully saturated rings. The van der Waals surface area contributed by atoms with Gasteiger partial charge in [-0.1, -0.05) is 66.2 Å². The Kier molecular flexibility index (Phi) is 10.3. The number of benzene rings is 4. The molecule has 1 atom stereocenters. The number of para-hydroxylation sites is 2. The van der Waals surface area contributed by atoms with Crippen LogP contribution in [0.15, 0.2) is 103 Å². The second kappa shape index (κ2) is 14.9. The molecule has 1 unspecified atom stereocenters. The standard InChI is InChI=1S/C34H30ClN5O6/c35-26-16-14-25(15-17-26)32(42)40(20-30-37-27-8-4-5-9-28(27)38-30)19-22-10-12-24(13-11-22)31(41)36-18-29(33(43)44)39-34(45)46-21-23-6-2-1-3-7-23/h1-17,29H,18-21H2,(H,36,41)(H,37,38)(H,39,45)(H,43,44). The van der Waals surface area contributed by atoms with Gasteiger partial charge in [-0.2, -0.15) is 0 Å². The Balaban J connectivity index is 1.21. The lowest BCUT2D eigenvalue weighted by atomic mass is 10.1. The number of alkyl carbamates (subject to hydrolysis) is 1. The van der Waals surface area contributed by atoms with Crippen LogP contribution in [0.5, 0.6) is 0 Å². The molecule has 234 valence electrons. The largest absolute Gasteiger partial charge is 0.480 e. The summed E-state index contributed by atoms with van der Waals surface area (Å²) in [7, 11) is 0. The van der Waals surface area contributed by atoms with E-state index in [0.29, 0.717) is 16.4 Å². The Morgan fingerprint density at radius 3 is 2.20 bits per heavy atom. The van der Waals surface area contributed by atoms with Gasteiger partial charge in [-0.25, -0.2) is 14.6 Å². The summed E-state index contributed by atoms with van der Waals surface area (Å²) in [4.78, 5) is 59.7. The maximum atomic E-state index is 13.5. The zero-order chi connectivity index (χ0) is 32.5. The predicted molar refractivity (Wildman–Crippen MR) is 171 cm³/mol. The van der Waals surface area contributed by atoms with Crippen LogP contribution in [0.2, 0.25) is 5.02 Å². The number of fused-ring (bicyclic) bond motifs is 1. The highest BCUT2D eigenvalue weighted by Gasteiger charge is 2.22. The molecule has 5 aromatic rings. The smallest absolute Gasteiger partial charge is 0.408 e. The summed E-state index contributed by atoms with van der Waals surface area (Å²) in [5, 5.41) is 14.8. The molecule has 1 aromatic heterocycles. The summed E-state index contributed by atoms with van der Waals surface area (Å²) in [6.45, 7) is 0.0300. The minimum absolute atomic E-state index is 0.0290. The normalized spacial score (nSPS) is 11.4. The minimum atomic E-state index is -1.41. The summed E-state index contributed by atoms with van der Waals surface area (Å²) < 4.78 is 5.08. The number of ether oxygens (including phenoxy) is 1. The van der Waals surface area contributed by atoms with Crippen LogP contribution < -0.4 is 10.6 Å². The number of aliphatic carboxylic acids is 1. The van der Waals surface area contributed by atoms with E-state index in [0.717, 1.165) is 22.2 Å². The van der Waals surface area contributed by atoms with Crippen molar-refractivity contribution in [1.29, 1.82) is 0 Å². The first-order valence-corrected chi connectivity index (χ1v) is 14.7. The fraction of sp³-hybridized carbons (Fsp3) is 0.147. The summed E-state index contributed by atoms with van der Waals surface area (Å²) in [6.07, 6.45) is -0.921. The average Bonchev–Trinajstić information content (AvgIpc) is 3.48. The van der Waals surface area contributed by atoms with E-state index in [1.165, 1.54) is 0 Å². The van der Waals surface area contributed by atoms with Crippen molar-refractivity contribution < 1.29 is 29.0 Å². The van der Waals surface area contributed by atoms with E-state index in [9.17, 15) is 24.3 Å². The molecule has 0 bridgehead atoms. The van der Waals surface area contributed by atoms with Gasteiger partial charge in [0, 0.05) is 29.2 Å². The van der Waals surface area contributed by atoms with Crippen LogP contribution in [0.3, 0.4) is 0 Å². The highest BCUT2D eigenvalue weighted by molar-refractivity contribution is 6.30. The number of imidazole rings is 1. The third-order valence-corrected chi connectivity index (χ3v) is 7.27. The van der Waals surface area contributed by atoms with Gasteiger partial charge in [0.05, 0.1) is 17.6 Å². The number of hydrogen-bond acceptors (Lipinski definition) is 6. The molecule has 0 saturated carbocycles. The lowest BCUT2D eigenvalue weighted by Crippen LogP contribution is -2.48. The van der Waals surface area contributed by atoms with Gasteiger partial charge >= 0.3 is 12.1 Å². The predicted octanol–water partition coefficient (Wildman–Crippen LogP) is 5.17. The second-order valence-corrected chi connectivity index (χ2v) is 10.8. The molecule has 11 nitrogen and oxygen atoms in total. The molecule has 1 heterocycles. The molecule has 0 spiro atoms. The van der Waals surface area contributed by atoms with Gasteiger partial charge in [0.25, 0.3) is 11.8 Å². The van der Waals surface area contributed by atoms with Crippen molar-refractivity contribution in [2.75, 3.05) is 6.54 Å². The maximum absolute atomic E-state index is 13.5. The topological polar surface area (TPSA) is 154 Å². The van der Waals surface area contributed by atoms with Gasteiger partial charge in [-0.3, -0.25) is 9.59 Å². The zero-order valence-electron chi connectivity index (χ0n) is 24.5. The van der Waals surface area contributed by atoms with Gasteiger partial charge < -0.3 is 30.4 Å². The van der Waals surface area contributed by atoms with Crippen LogP contribution in [-0.4, -0.2) is 56.4 Å². The van der Waals surface area contributed by atoms with E-state index in [1.54, 1.807) is 77.7 Å². The number of nitrogens with zero attached hydrogens (tertiary/aromatic N) is 2. The number of amides is 3. The fourth-order valence-electron chi connectivity index (χ4n) is 4.62. The first kappa shape index (κ1) is 31.7. The number of aromatic nitrogens is 2. The van der Waals surface area contributed by atoms with Gasteiger partial charge in [-0.15, -0.1) is 0 Å². The third kappa shape index (κ3) is 8.48. The van der Waals surface area contributed by atoms with Crippen molar-refractivity contribution in [2.45, 2.75) is 25.7 Å². The molecule has 3 amide bonds. The average molecular weight is 640 g/mol.